The first-order valence-electron chi connectivity index (χ1n) is 9.33. The van der Waals surface area contributed by atoms with Crippen molar-refractivity contribution in [1.82, 2.24) is 0 Å². The second kappa shape index (κ2) is 7.84. The third-order valence-electron chi connectivity index (χ3n) is 4.81. The smallest absolute Gasteiger partial charge is 0.197 e. The van der Waals surface area contributed by atoms with Gasteiger partial charge in [-0.3, -0.25) is 4.79 Å². The number of hydrogen-bond donors (Lipinski definition) is 3. The standard InChI is InChI=1S/C22H24O6/c1-4-6-13-12(8-9-17(27-3)21(13)25)18-11-16(24)20-19(28-18)10-15(23)14(7-5-2)22(20)26/h8-11,23,25-26H,4-7H2,1-3H3. The molecule has 0 atom stereocenters. The van der Waals surface area contributed by atoms with Crippen molar-refractivity contribution in [2.24, 2.45) is 0 Å². The van der Waals surface area contributed by atoms with Crippen molar-refractivity contribution in [1.29, 1.82) is 0 Å². The lowest BCUT2D eigenvalue weighted by molar-refractivity contribution is 0.370. The van der Waals surface area contributed by atoms with E-state index in [9.17, 15) is 20.1 Å². The summed E-state index contributed by atoms with van der Waals surface area (Å²) in [6, 6.07) is 5.98. The molecule has 2 aromatic carbocycles. The maximum atomic E-state index is 12.7. The Balaban J connectivity index is 2.28. The molecule has 0 spiro atoms. The Labute approximate surface area is 162 Å². The monoisotopic (exact) mass is 384 g/mol. The van der Waals surface area contributed by atoms with Gasteiger partial charge in [0.25, 0.3) is 0 Å². The van der Waals surface area contributed by atoms with Gasteiger partial charge in [0.1, 0.15) is 28.2 Å². The molecule has 0 unspecified atom stereocenters. The zero-order valence-electron chi connectivity index (χ0n) is 16.2. The minimum Gasteiger partial charge on any atom is -0.507 e. The van der Waals surface area contributed by atoms with Crippen molar-refractivity contribution in [2.45, 2.75) is 39.5 Å². The summed E-state index contributed by atoms with van der Waals surface area (Å²) in [5, 5.41) is 31.3. The van der Waals surface area contributed by atoms with Crippen molar-refractivity contribution in [3.8, 4) is 34.3 Å². The van der Waals surface area contributed by atoms with Gasteiger partial charge in [-0.15, -0.1) is 0 Å². The van der Waals surface area contributed by atoms with E-state index in [1.165, 1.54) is 19.2 Å². The topological polar surface area (TPSA) is 100 Å². The predicted molar refractivity (Wildman–Crippen MR) is 107 cm³/mol. The van der Waals surface area contributed by atoms with E-state index in [-0.39, 0.29) is 34.0 Å². The van der Waals surface area contributed by atoms with Crippen LogP contribution in [0.1, 0.15) is 37.8 Å². The molecule has 0 bridgehead atoms. The van der Waals surface area contributed by atoms with Crippen molar-refractivity contribution < 1.29 is 24.5 Å². The highest BCUT2D eigenvalue weighted by Gasteiger charge is 2.20. The van der Waals surface area contributed by atoms with E-state index in [4.69, 9.17) is 9.15 Å². The van der Waals surface area contributed by atoms with Gasteiger partial charge in [-0.05, 0) is 25.0 Å². The van der Waals surface area contributed by atoms with Gasteiger partial charge in [-0.1, -0.05) is 26.7 Å². The highest BCUT2D eigenvalue weighted by Crippen LogP contribution is 2.40. The Morgan fingerprint density at radius 3 is 2.29 bits per heavy atom. The van der Waals surface area contributed by atoms with E-state index in [0.717, 1.165) is 6.42 Å². The Morgan fingerprint density at radius 2 is 1.64 bits per heavy atom. The van der Waals surface area contributed by atoms with E-state index >= 15 is 0 Å². The van der Waals surface area contributed by atoms with Gasteiger partial charge >= 0.3 is 0 Å². The van der Waals surface area contributed by atoms with Gasteiger partial charge < -0.3 is 24.5 Å². The first-order valence-corrected chi connectivity index (χ1v) is 9.33. The summed E-state index contributed by atoms with van der Waals surface area (Å²) in [7, 11) is 1.47. The van der Waals surface area contributed by atoms with Gasteiger partial charge in [0, 0.05) is 28.8 Å². The number of phenols is 3. The molecule has 0 aliphatic carbocycles. The Bertz CT molecular complexity index is 1080. The third-order valence-corrected chi connectivity index (χ3v) is 4.81. The molecule has 1 aromatic heterocycles. The van der Waals surface area contributed by atoms with Crippen LogP contribution >= 0.6 is 0 Å². The fourth-order valence-electron chi connectivity index (χ4n) is 3.47. The molecule has 3 N–H and O–H groups in total. The van der Waals surface area contributed by atoms with Crippen molar-refractivity contribution in [3.05, 3.63) is 45.6 Å². The number of benzene rings is 2. The summed E-state index contributed by atoms with van der Waals surface area (Å²) in [5.41, 5.74) is 1.19. The number of phenolic OH excluding ortho intramolecular Hbond substituents is 3. The molecule has 6 heteroatoms. The van der Waals surface area contributed by atoms with Crippen LogP contribution in [-0.4, -0.2) is 22.4 Å². The summed E-state index contributed by atoms with van der Waals surface area (Å²) < 4.78 is 11.0. The van der Waals surface area contributed by atoms with Crippen molar-refractivity contribution in [3.63, 3.8) is 0 Å². The number of rotatable bonds is 6. The van der Waals surface area contributed by atoms with Gasteiger partial charge in [-0.25, -0.2) is 0 Å². The zero-order chi connectivity index (χ0) is 20.4. The average Bonchev–Trinajstić information content (AvgIpc) is 2.66. The van der Waals surface area contributed by atoms with Crippen LogP contribution in [0, 0.1) is 0 Å². The molecule has 0 fully saturated rings. The SMILES string of the molecule is CCCc1c(-c2cc(=O)c3c(O)c(CCC)c(O)cc3o2)ccc(OC)c1O. The minimum atomic E-state index is -0.413. The summed E-state index contributed by atoms with van der Waals surface area (Å²) >= 11 is 0. The second-order valence-electron chi connectivity index (χ2n) is 6.71. The lowest BCUT2D eigenvalue weighted by Crippen LogP contribution is -2.03. The number of hydrogen-bond acceptors (Lipinski definition) is 6. The van der Waals surface area contributed by atoms with Gasteiger partial charge in [0.15, 0.2) is 16.9 Å². The minimum absolute atomic E-state index is 0.00795. The van der Waals surface area contributed by atoms with Crippen LogP contribution in [0.2, 0.25) is 0 Å². The Morgan fingerprint density at radius 1 is 0.964 bits per heavy atom. The first-order chi connectivity index (χ1) is 13.4. The summed E-state index contributed by atoms with van der Waals surface area (Å²) in [4.78, 5) is 12.7. The molecule has 0 radical (unpaired) electrons. The normalized spacial score (nSPS) is 11.1. The largest absolute Gasteiger partial charge is 0.507 e. The predicted octanol–water partition coefficient (Wildman–Crippen LogP) is 4.49. The van der Waals surface area contributed by atoms with E-state index in [1.807, 2.05) is 13.8 Å². The van der Waals surface area contributed by atoms with Gasteiger partial charge in [0.2, 0.25) is 0 Å². The molecule has 6 nitrogen and oxygen atoms in total. The molecule has 148 valence electrons. The molecular weight excluding hydrogens is 360 g/mol. The zero-order valence-corrected chi connectivity index (χ0v) is 16.2. The Kier molecular flexibility index (Phi) is 5.49. The molecule has 1 heterocycles. The maximum Gasteiger partial charge on any atom is 0.197 e. The maximum absolute atomic E-state index is 12.7. The molecule has 28 heavy (non-hydrogen) atoms. The number of aromatic hydroxyl groups is 3. The van der Waals surface area contributed by atoms with E-state index in [0.29, 0.717) is 41.7 Å². The molecule has 0 amide bonds. The second-order valence-corrected chi connectivity index (χ2v) is 6.71. The van der Waals surface area contributed by atoms with Crippen LogP contribution in [0.3, 0.4) is 0 Å². The molecule has 0 saturated heterocycles. The molecule has 0 aliphatic heterocycles. The molecular formula is C22H24O6. The fourth-order valence-corrected chi connectivity index (χ4v) is 3.47. The molecule has 0 aliphatic rings. The molecule has 3 aromatic rings. The quantitative estimate of drug-likeness (QED) is 0.579. The van der Waals surface area contributed by atoms with Crippen molar-refractivity contribution >= 4 is 11.0 Å². The van der Waals surface area contributed by atoms with E-state index in [1.54, 1.807) is 12.1 Å². The summed E-state index contributed by atoms with van der Waals surface area (Å²) in [6.07, 6.45) is 2.49. The lowest BCUT2D eigenvalue weighted by Gasteiger charge is -2.14. The first kappa shape index (κ1) is 19.6. The van der Waals surface area contributed by atoms with Crippen molar-refractivity contribution in [2.75, 3.05) is 7.11 Å². The lowest BCUT2D eigenvalue weighted by atomic mass is 9.98. The van der Waals surface area contributed by atoms with E-state index < -0.39 is 5.43 Å². The number of fused-ring (bicyclic) bond motifs is 1. The Hall–Kier alpha value is -3.15. The van der Waals surface area contributed by atoms with Gasteiger partial charge in [0.05, 0.1) is 7.11 Å². The highest BCUT2D eigenvalue weighted by atomic mass is 16.5. The summed E-state index contributed by atoms with van der Waals surface area (Å²) in [6.45, 7) is 3.89. The fraction of sp³-hybridized carbons (Fsp3) is 0.318. The average molecular weight is 384 g/mol. The molecule has 3 rings (SSSR count). The number of methoxy groups -OCH3 is 1. The van der Waals surface area contributed by atoms with Crippen LogP contribution in [0.25, 0.3) is 22.3 Å². The molecule has 0 saturated carbocycles. The summed E-state index contributed by atoms with van der Waals surface area (Å²) in [5.74, 6) is 0.242. The van der Waals surface area contributed by atoms with E-state index in [2.05, 4.69) is 0 Å². The van der Waals surface area contributed by atoms with Crippen LogP contribution < -0.4 is 10.2 Å². The third kappa shape index (κ3) is 3.26. The van der Waals surface area contributed by atoms with Crippen LogP contribution in [0.5, 0.6) is 23.0 Å². The van der Waals surface area contributed by atoms with Crippen LogP contribution in [-0.2, 0) is 12.8 Å². The highest BCUT2D eigenvalue weighted by molar-refractivity contribution is 5.88. The van der Waals surface area contributed by atoms with Crippen LogP contribution in [0.15, 0.2) is 33.5 Å². The van der Waals surface area contributed by atoms with Gasteiger partial charge in [-0.2, -0.15) is 0 Å². The van der Waals surface area contributed by atoms with Crippen LogP contribution in [0.4, 0.5) is 0 Å². The number of ether oxygens (including phenoxy) is 1.